The maximum atomic E-state index is 14.3. The lowest BCUT2D eigenvalue weighted by atomic mass is 10.1. The van der Waals surface area contributed by atoms with E-state index in [0.717, 1.165) is 30.3 Å². The van der Waals surface area contributed by atoms with E-state index < -0.39 is 60.5 Å². The van der Waals surface area contributed by atoms with E-state index in [9.17, 15) is 35.3 Å². The van der Waals surface area contributed by atoms with E-state index in [2.05, 4.69) is 3.77 Å². The Morgan fingerprint density at radius 2 is 1.97 bits per heavy atom. The molecular formula is C18H14F4N2O5S2. The zero-order valence-electron chi connectivity index (χ0n) is 15.7. The van der Waals surface area contributed by atoms with Crippen molar-refractivity contribution in [1.82, 2.24) is 0 Å². The number of nitriles is 1. The van der Waals surface area contributed by atoms with Crippen LogP contribution >= 0.6 is 0 Å². The van der Waals surface area contributed by atoms with Crippen LogP contribution < -0.4 is 4.74 Å². The van der Waals surface area contributed by atoms with Crippen LogP contribution in [0.15, 0.2) is 39.0 Å². The Hall–Kier alpha value is -2.69. The molecule has 0 fully saturated rings. The molecule has 0 saturated heterocycles. The maximum Gasteiger partial charge on any atom is 0.281 e. The first-order chi connectivity index (χ1) is 14.3. The van der Waals surface area contributed by atoms with Gasteiger partial charge in [0.15, 0.2) is 6.01 Å². The van der Waals surface area contributed by atoms with Crippen molar-refractivity contribution in [2.75, 3.05) is 12.3 Å². The number of aliphatic hydroxyl groups excluding tert-OH is 1. The Morgan fingerprint density at radius 1 is 1.29 bits per heavy atom. The van der Waals surface area contributed by atoms with Gasteiger partial charge >= 0.3 is 0 Å². The average Bonchev–Trinajstić information content (AvgIpc) is 2.90. The van der Waals surface area contributed by atoms with Crippen molar-refractivity contribution in [3.63, 3.8) is 0 Å². The summed E-state index contributed by atoms with van der Waals surface area (Å²) in [4.78, 5) is -0.704. The predicted octanol–water partition coefficient (Wildman–Crippen LogP) is 3.43. The molecule has 2 aromatic rings. The summed E-state index contributed by atoms with van der Waals surface area (Å²) >= 11 is 0. The number of alkyl halides is 3. The van der Waals surface area contributed by atoms with E-state index in [4.69, 9.17) is 10.00 Å². The maximum absolute atomic E-state index is 14.3. The third-order valence-corrected chi connectivity index (χ3v) is 7.72. The highest BCUT2D eigenvalue weighted by molar-refractivity contribution is 8.03. The minimum absolute atomic E-state index is 0.110. The van der Waals surface area contributed by atoms with Crippen LogP contribution in [0.2, 0.25) is 0 Å². The van der Waals surface area contributed by atoms with Crippen molar-refractivity contribution in [3.8, 4) is 17.6 Å². The number of aliphatic hydroxyl groups is 1. The van der Waals surface area contributed by atoms with Gasteiger partial charge in [-0.3, -0.25) is 0 Å². The molecule has 1 N–H and O–H groups in total. The fourth-order valence-corrected chi connectivity index (χ4v) is 6.38. The third kappa shape index (κ3) is 4.51. The molecule has 0 spiro atoms. The Kier molecular flexibility index (Phi) is 5.76. The van der Waals surface area contributed by atoms with Gasteiger partial charge in [-0.05, 0) is 24.3 Å². The van der Waals surface area contributed by atoms with Gasteiger partial charge in [0.2, 0.25) is 0 Å². The summed E-state index contributed by atoms with van der Waals surface area (Å²) in [5.74, 6) is -5.12. The van der Waals surface area contributed by atoms with Crippen LogP contribution in [-0.4, -0.2) is 35.9 Å². The monoisotopic (exact) mass is 478 g/mol. The molecule has 0 aliphatic heterocycles. The normalized spacial score (nSPS) is 19.2. The number of hydrogen-bond acceptors (Lipinski definition) is 6. The number of hydrogen-bond donors (Lipinski definition) is 1. The van der Waals surface area contributed by atoms with Crippen molar-refractivity contribution >= 4 is 19.8 Å². The first kappa shape index (κ1) is 23.0. The number of sulfonamides is 1. The average molecular weight is 478 g/mol. The smallest absolute Gasteiger partial charge is 0.281 e. The molecule has 1 unspecified atom stereocenters. The predicted molar refractivity (Wildman–Crippen MR) is 101 cm³/mol. The summed E-state index contributed by atoms with van der Waals surface area (Å²) in [6.07, 6.45) is -3.08. The minimum Gasteiger partial charge on any atom is -0.457 e. The van der Waals surface area contributed by atoms with Crippen molar-refractivity contribution in [2.24, 2.45) is 3.77 Å². The summed E-state index contributed by atoms with van der Waals surface area (Å²) in [6.45, 7) is 0. The van der Waals surface area contributed by atoms with Crippen LogP contribution in [0.1, 0.15) is 22.8 Å². The fraction of sp³-hybridized carbons (Fsp3) is 0.278. The van der Waals surface area contributed by atoms with Crippen LogP contribution in [0, 0.1) is 17.1 Å². The van der Waals surface area contributed by atoms with Crippen LogP contribution in [-0.2, 0) is 26.2 Å². The van der Waals surface area contributed by atoms with Crippen molar-refractivity contribution in [1.29, 1.82) is 5.26 Å². The number of fused-ring (bicyclic) bond motifs is 1. The largest absolute Gasteiger partial charge is 0.457 e. The summed E-state index contributed by atoms with van der Waals surface area (Å²) in [5.41, 5.74) is -1.15. The van der Waals surface area contributed by atoms with Crippen molar-refractivity contribution in [3.05, 3.63) is 52.8 Å². The molecular weight excluding hydrogens is 464 g/mol. The van der Waals surface area contributed by atoms with Gasteiger partial charge in [-0.25, -0.2) is 30.2 Å². The van der Waals surface area contributed by atoms with Crippen LogP contribution in [0.25, 0.3) is 0 Å². The van der Waals surface area contributed by atoms with Gasteiger partial charge in [-0.2, -0.15) is 5.26 Å². The lowest BCUT2D eigenvalue weighted by molar-refractivity contribution is -0.0976. The van der Waals surface area contributed by atoms with Gasteiger partial charge in [0.25, 0.3) is 15.9 Å². The molecule has 1 aliphatic rings. The molecule has 2 atom stereocenters. The van der Waals surface area contributed by atoms with E-state index in [1.54, 1.807) is 6.07 Å². The number of nitrogens with zero attached hydrogens (tertiary/aromatic N) is 2. The molecule has 7 nitrogen and oxygen atoms in total. The van der Waals surface area contributed by atoms with Gasteiger partial charge in [-0.1, -0.05) is 0 Å². The number of halogens is 4. The van der Waals surface area contributed by atoms with Crippen molar-refractivity contribution < 1.29 is 40.0 Å². The molecule has 0 radical (unpaired) electrons. The quantitative estimate of drug-likeness (QED) is 0.658. The highest BCUT2D eigenvalue weighted by atomic mass is 32.3. The number of ether oxygens (including phenoxy) is 1. The Balaban J connectivity index is 2.24. The molecule has 0 aromatic heterocycles. The molecule has 3 rings (SSSR count). The van der Waals surface area contributed by atoms with Gasteiger partial charge in [0.05, 0.1) is 22.8 Å². The van der Waals surface area contributed by atoms with Gasteiger partial charge in [-0.15, -0.1) is 3.77 Å². The van der Waals surface area contributed by atoms with E-state index in [0.29, 0.717) is 6.26 Å². The topological polar surface area (TPSA) is 117 Å². The zero-order chi connectivity index (χ0) is 23.2. The summed E-state index contributed by atoms with van der Waals surface area (Å²) < 4.78 is 100. The van der Waals surface area contributed by atoms with Crippen LogP contribution in [0.3, 0.4) is 0 Å². The Morgan fingerprint density at radius 3 is 2.55 bits per heavy atom. The molecule has 0 saturated carbocycles. The summed E-state index contributed by atoms with van der Waals surface area (Å²) in [7, 11) is -8.70. The van der Waals surface area contributed by atoms with Crippen molar-refractivity contribution in [2.45, 2.75) is 23.3 Å². The highest BCUT2D eigenvalue weighted by Gasteiger charge is 2.50. The van der Waals surface area contributed by atoms with E-state index in [1.165, 1.54) is 0 Å². The molecule has 13 heteroatoms. The first-order valence-corrected chi connectivity index (χ1v) is 12.0. The lowest BCUT2D eigenvalue weighted by Crippen LogP contribution is -2.22. The fourth-order valence-electron chi connectivity index (χ4n) is 3.17. The molecule has 0 amide bonds. The van der Waals surface area contributed by atoms with E-state index in [1.807, 2.05) is 0 Å². The second-order valence-corrected chi connectivity index (χ2v) is 10.7. The Labute approximate surface area is 175 Å². The summed E-state index contributed by atoms with van der Waals surface area (Å²) in [6, 6.07) is 4.69. The van der Waals surface area contributed by atoms with Crippen LogP contribution in [0.4, 0.5) is 17.6 Å². The molecule has 31 heavy (non-hydrogen) atoms. The first-order valence-electron chi connectivity index (χ1n) is 8.42. The second-order valence-electron chi connectivity index (χ2n) is 6.74. The summed E-state index contributed by atoms with van der Waals surface area (Å²) in [5, 5.41) is 19.0. The van der Waals surface area contributed by atoms with Gasteiger partial charge in [0.1, 0.15) is 33.1 Å². The molecule has 0 bridgehead atoms. The standard InChI is InChI=1S/C18H14F4N2O5S2/c1-30(26,27)24-31(28,9-19)15-3-2-14(13-7-18(21,22)17(25)16(13)15)29-12-5-10(8-23)4-11(20)6-12/h2-6,17,25H,7,9H2,1H3/t17-,31?/m0/s1. The zero-order valence-corrected chi connectivity index (χ0v) is 17.3. The SMILES string of the molecule is CS(=O)(=O)N=S(=O)(CF)c1ccc(Oc2cc(F)cc(C#N)c2)c2c1[C@H](O)C(F)(F)C2. The van der Waals surface area contributed by atoms with Gasteiger partial charge < -0.3 is 9.84 Å². The molecule has 166 valence electrons. The minimum atomic E-state index is -4.36. The van der Waals surface area contributed by atoms with E-state index >= 15 is 0 Å². The molecule has 1 aliphatic carbocycles. The third-order valence-electron chi connectivity index (χ3n) is 4.34. The number of rotatable bonds is 5. The highest BCUT2D eigenvalue weighted by Crippen LogP contribution is 2.50. The van der Waals surface area contributed by atoms with Gasteiger partial charge in [0, 0.05) is 23.6 Å². The van der Waals surface area contributed by atoms with Crippen LogP contribution in [0.5, 0.6) is 11.5 Å². The number of benzene rings is 2. The molecule has 0 heterocycles. The lowest BCUT2D eigenvalue weighted by Gasteiger charge is -2.17. The second kappa shape index (κ2) is 7.77. The molecule has 2 aromatic carbocycles. The Bertz CT molecular complexity index is 1330. The van der Waals surface area contributed by atoms with E-state index in [-0.39, 0.29) is 22.6 Å².